The average Bonchev–Trinajstić information content (AvgIpc) is 2.15. The Hall–Kier alpha value is -2.36. The van der Waals surface area contributed by atoms with Gasteiger partial charge in [0.1, 0.15) is 11.8 Å². The number of nitrogens with two attached hydrogens (primary N) is 1. The molecule has 0 spiro atoms. The quantitative estimate of drug-likeness (QED) is 0.763. The molecule has 1 rings (SSSR count). The molecule has 7 heteroatoms. The lowest BCUT2D eigenvalue weighted by Gasteiger charge is -2.08. The fourth-order valence-corrected chi connectivity index (χ4v) is 1.10. The molecule has 0 saturated carbocycles. The SMILES string of the molecule is N#Cc1c(N)cc(OC(F)F)cc1C(=O)O. The second-order valence-corrected chi connectivity index (χ2v) is 2.73. The summed E-state index contributed by atoms with van der Waals surface area (Å²) in [6.45, 7) is -3.09. The second-order valence-electron chi connectivity index (χ2n) is 2.73. The molecule has 84 valence electrons. The predicted molar refractivity (Wildman–Crippen MR) is 49.2 cm³/mol. The molecular weight excluding hydrogens is 222 g/mol. The standard InChI is InChI=1S/C9H6F2N2O3/c10-9(11)16-4-1-5(8(14)15)6(3-12)7(13)2-4/h1-2,9H,13H2,(H,14,15). The van der Waals surface area contributed by atoms with Gasteiger partial charge >= 0.3 is 12.6 Å². The molecule has 0 aliphatic rings. The highest BCUT2D eigenvalue weighted by atomic mass is 19.3. The van der Waals surface area contributed by atoms with Crippen LogP contribution in [0.5, 0.6) is 5.75 Å². The molecule has 0 aromatic heterocycles. The van der Waals surface area contributed by atoms with Crippen LogP contribution in [0.25, 0.3) is 0 Å². The number of ether oxygens (including phenoxy) is 1. The third-order valence-electron chi connectivity index (χ3n) is 1.71. The molecule has 0 atom stereocenters. The number of aromatic carboxylic acids is 1. The number of nitrogens with zero attached hydrogens (tertiary/aromatic N) is 1. The van der Waals surface area contributed by atoms with E-state index in [-0.39, 0.29) is 11.3 Å². The molecule has 3 N–H and O–H groups in total. The first kappa shape index (κ1) is 11.7. The van der Waals surface area contributed by atoms with Crippen LogP contribution in [0, 0.1) is 11.3 Å². The summed E-state index contributed by atoms with van der Waals surface area (Å²) in [5.41, 5.74) is 4.35. The Morgan fingerprint density at radius 1 is 1.56 bits per heavy atom. The number of benzene rings is 1. The number of carboxylic acid groups (broad SMARTS) is 1. The van der Waals surface area contributed by atoms with Crippen LogP contribution in [0.15, 0.2) is 12.1 Å². The molecule has 5 nitrogen and oxygen atoms in total. The van der Waals surface area contributed by atoms with Gasteiger partial charge in [-0.25, -0.2) is 4.79 Å². The van der Waals surface area contributed by atoms with Gasteiger partial charge in [0.05, 0.1) is 16.8 Å². The summed E-state index contributed by atoms with van der Waals surface area (Å²) in [4.78, 5) is 10.7. The molecule has 0 saturated heterocycles. The topological polar surface area (TPSA) is 96.3 Å². The van der Waals surface area contributed by atoms with Crippen LogP contribution in [0.4, 0.5) is 14.5 Å². The minimum atomic E-state index is -3.09. The van der Waals surface area contributed by atoms with E-state index in [0.29, 0.717) is 0 Å². The van der Waals surface area contributed by atoms with E-state index in [4.69, 9.17) is 16.1 Å². The molecule has 1 aromatic carbocycles. The van der Waals surface area contributed by atoms with E-state index in [1.165, 1.54) is 0 Å². The van der Waals surface area contributed by atoms with Gasteiger partial charge in [-0.2, -0.15) is 14.0 Å². The number of hydrogen-bond donors (Lipinski definition) is 2. The van der Waals surface area contributed by atoms with E-state index < -0.39 is 23.9 Å². The third-order valence-corrected chi connectivity index (χ3v) is 1.71. The molecule has 0 heterocycles. The van der Waals surface area contributed by atoms with Crippen molar-refractivity contribution in [2.75, 3.05) is 5.73 Å². The lowest BCUT2D eigenvalue weighted by molar-refractivity contribution is -0.0498. The van der Waals surface area contributed by atoms with Crippen molar-refractivity contribution in [3.8, 4) is 11.8 Å². The number of halogens is 2. The monoisotopic (exact) mass is 228 g/mol. The molecule has 0 radical (unpaired) electrons. The summed E-state index contributed by atoms with van der Waals surface area (Å²) in [5, 5.41) is 17.4. The Kier molecular flexibility index (Phi) is 3.25. The number of rotatable bonds is 3. The van der Waals surface area contributed by atoms with E-state index in [0.717, 1.165) is 12.1 Å². The van der Waals surface area contributed by atoms with E-state index in [1.54, 1.807) is 6.07 Å². The number of carboxylic acids is 1. The molecule has 0 amide bonds. The third kappa shape index (κ3) is 2.36. The number of anilines is 1. The zero-order valence-corrected chi connectivity index (χ0v) is 7.78. The zero-order valence-electron chi connectivity index (χ0n) is 7.78. The van der Waals surface area contributed by atoms with Gasteiger partial charge in [-0.15, -0.1) is 0 Å². The first-order valence-electron chi connectivity index (χ1n) is 3.97. The molecule has 0 bridgehead atoms. The Morgan fingerprint density at radius 3 is 2.62 bits per heavy atom. The van der Waals surface area contributed by atoms with Crippen LogP contribution >= 0.6 is 0 Å². The number of nitrogen functional groups attached to an aromatic ring is 1. The lowest BCUT2D eigenvalue weighted by Crippen LogP contribution is -2.07. The van der Waals surface area contributed by atoms with Gasteiger partial charge in [-0.3, -0.25) is 0 Å². The summed E-state index contributed by atoms with van der Waals surface area (Å²) >= 11 is 0. The summed E-state index contributed by atoms with van der Waals surface area (Å²) < 4.78 is 27.8. The van der Waals surface area contributed by atoms with Crippen molar-refractivity contribution in [3.05, 3.63) is 23.3 Å². The van der Waals surface area contributed by atoms with Gasteiger partial charge in [0.25, 0.3) is 0 Å². The molecular formula is C9H6F2N2O3. The van der Waals surface area contributed by atoms with Gasteiger partial charge in [0.15, 0.2) is 0 Å². The highest BCUT2D eigenvalue weighted by Crippen LogP contribution is 2.25. The van der Waals surface area contributed by atoms with Crippen molar-refractivity contribution in [1.29, 1.82) is 5.26 Å². The van der Waals surface area contributed by atoms with Crippen molar-refractivity contribution in [2.45, 2.75) is 6.61 Å². The zero-order chi connectivity index (χ0) is 12.3. The van der Waals surface area contributed by atoms with E-state index in [2.05, 4.69) is 4.74 Å². The largest absolute Gasteiger partial charge is 0.478 e. The summed E-state index contributed by atoms with van der Waals surface area (Å²) in [6.07, 6.45) is 0. The van der Waals surface area contributed by atoms with Crippen molar-refractivity contribution in [2.24, 2.45) is 0 Å². The van der Waals surface area contributed by atoms with Gasteiger partial charge in [0.2, 0.25) is 0 Å². The Labute approximate surface area is 88.7 Å². The molecule has 1 aromatic rings. The Morgan fingerprint density at radius 2 is 2.19 bits per heavy atom. The van der Waals surface area contributed by atoms with Crippen LogP contribution in [0.3, 0.4) is 0 Å². The van der Waals surface area contributed by atoms with Gasteiger partial charge in [0, 0.05) is 6.07 Å². The highest BCUT2D eigenvalue weighted by molar-refractivity contribution is 5.93. The average molecular weight is 228 g/mol. The van der Waals surface area contributed by atoms with Gasteiger partial charge < -0.3 is 15.6 Å². The summed E-state index contributed by atoms with van der Waals surface area (Å²) in [5.74, 6) is -1.84. The Bertz CT molecular complexity index is 469. The van der Waals surface area contributed by atoms with E-state index in [9.17, 15) is 13.6 Å². The number of hydrogen-bond acceptors (Lipinski definition) is 4. The van der Waals surface area contributed by atoms with Gasteiger partial charge in [-0.05, 0) is 6.07 Å². The molecule has 16 heavy (non-hydrogen) atoms. The first-order chi connectivity index (χ1) is 7.45. The first-order valence-corrected chi connectivity index (χ1v) is 3.97. The minimum absolute atomic E-state index is 0.224. The van der Waals surface area contributed by atoms with E-state index in [1.807, 2.05) is 0 Å². The Balaban J connectivity index is 3.29. The van der Waals surface area contributed by atoms with Crippen LogP contribution < -0.4 is 10.5 Å². The normalized spacial score (nSPS) is 9.88. The van der Waals surface area contributed by atoms with Crippen LogP contribution in [0.1, 0.15) is 15.9 Å². The minimum Gasteiger partial charge on any atom is -0.478 e. The van der Waals surface area contributed by atoms with Crippen molar-refractivity contribution in [3.63, 3.8) is 0 Å². The highest BCUT2D eigenvalue weighted by Gasteiger charge is 2.16. The maximum absolute atomic E-state index is 11.9. The number of carbonyl (C=O) groups is 1. The fraction of sp³-hybridized carbons (Fsp3) is 0.111. The van der Waals surface area contributed by atoms with Crippen molar-refractivity contribution in [1.82, 2.24) is 0 Å². The predicted octanol–water partition coefficient (Wildman–Crippen LogP) is 1.44. The molecule has 0 aliphatic carbocycles. The van der Waals surface area contributed by atoms with E-state index >= 15 is 0 Å². The number of nitriles is 1. The molecule has 0 fully saturated rings. The number of alkyl halides is 2. The summed E-state index contributed by atoms with van der Waals surface area (Å²) in [7, 11) is 0. The fourth-order valence-electron chi connectivity index (χ4n) is 1.10. The van der Waals surface area contributed by atoms with Crippen LogP contribution in [0.2, 0.25) is 0 Å². The van der Waals surface area contributed by atoms with Crippen molar-refractivity contribution < 1.29 is 23.4 Å². The summed E-state index contributed by atoms with van der Waals surface area (Å²) in [6, 6.07) is 3.37. The van der Waals surface area contributed by atoms with Crippen molar-refractivity contribution >= 4 is 11.7 Å². The van der Waals surface area contributed by atoms with Crippen LogP contribution in [-0.2, 0) is 0 Å². The smallest absolute Gasteiger partial charge is 0.387 e. The maximum Gasteiger partial charge on any atom is 0.387 e. The van der Waals surface area contributed by atoms with Gasteiger partial charge in [-0.1, -0.05) is 0 Å². The second kappa shape index (κ2) is 4.44. The molecule has 0 unspecified atom stereocenters. The lowest BCUT2D eigenvalue weighted by atomic mass is 10.1. The molecule has 0 aliphatic heterocycles. The maximum atomic E-state index is 11.9. The van der Waals surface area contributed by atoms with Crippen LogP contribution in [-0.4, -0.2) is 17.7 Å².